The third-order valence-corrected chi connectivity index (χ3v) is 3.86. The molecule has 1 amide bonds. The molecule has 2 heterocycles. The largest absolute Gasteiger partial charge is 0.381 e. The van der Waals surface area contributed by atoms with Crippen molar-refractivity contribution in [2.75, 3.05) is 39.2 Å². The summed E-state index contributed by atoms with van der Waals surface area (Å²) in [6.45, 7) is 2.30. The summed E-state index contributed by atoms with van der Waals surface area (Å²) in [5.41, 5.74) is 0.487. The van der Waals surface area contributed by atoms with Crippen LogP contribution in [-0.2, 0) is 4.74 Å². The van der Waals surface area contributed by atoms with Gasteiger partial charge in [-0.3, -0.25) is 4.79 Å². The van der Waals surface area contributed by atoms with Gasteiger partial charge in [-0.25, -0.2) is 4.98 Å². The highest BCUT2D eigenvalue weighted by Crippen LogP contribution is 2.21. The summed E-state index contributed by atoms with van der Waals surface area (Å²) in [7, 11) is 3.57. The molecule has 0 radical (unpaired) electrons. The van der Waals surface area contributed by atoms with Gasteiger partial charge >= 0.3 is 0 Å². The molecule has 1 aromatic rings. The lowest BCUT2D eigenvalue weighted by molar-refractivity contribution is 0.0497. The minimum atomic E-state index is -0.0691. The first-order valence-corrected chi connectivity index (χ1v) is 7.16. The standard InChI is InChI=1S/C14H20ClN3O2/c1-16-13-7-11(12(15)8-17-13)14(19)18(2)9-10-3-5-20-6-4-10/h7-8,10H,3-6,9H2,1-2H3,(H,16,17). The van der Waals surface area contributed by atoms with Gasteiger partial charge in [0.25, 0.3) is 5.91 Å². The van der Waals surface area contributed by atoms with Gasteiger partial charge in [-0.05, 0) is 24.8 Å². The highest BCUT2D eigenvalue weighted by atomic mass is 35.5. The minimum Gasteiger partial charge on any atom is -0.381 e. The second-order valence-corrected chi connectivity index (χ2v) is 5.45. The van der Waals surface area contributed by atoms with E-state index < -0.39 is 0 Å². The summed E-state index contributed by atoms with van der Waals surface area (Å²) in [5.74, 6) is 1.07. The van der Waals surface area contributed by atoms with Gasteiger partial charge in [0, 0.05) is 40.1 Å². The lowest BCUT2D eigenvalue weighted by Crippen LogP contribution is -2.34. The Morgan fingerprint density at radius 1 is 1.55 bits per heavy atom. The molecule has 2 rings (SSSR count). The van der Waals surface area contributed by atoms with Crippen LogP contribution in [0.25, 0.3) is 0 Å². The van der Waals surface area contributed by atoms with Gasteiger partial charge in [-0.1, -0.05) is 11.6 Å². The molecule has 0 spiro atoms. The van der Waals surface area contributed by atoms with E-state index in [4.69, 9.17) is 16.3 Å². The van der Waals surface area contributed by atoms with Gasteiger partial charge in [0.2, 0.25) is 0 Å². The number of nitrogens with one attached hydrogen (secondary N) is 1. The third kappa shape index (κ3) is 3.61. The predicted molar refractivity (Wildman–Crippen MR) is 79.3 cm³/mol. The van der Waals surface area contributed by atoms with Crippen LogP contribution in [0.2, 0.25) is 5.02 Å². The smallest absolute Gasteiger partial charge is 0.255 e. The first-order valence-electron chi connectivity index (χ1n) is 6.78. The summed E-state index contributed by atoms with van der Waals surface area (Å²) in [4.78, 5) is 18.3. The Labute approximate surface area is 124 Å². The number of aromatic nitrogens is 1. The summed E-state index contributed by atoms with van der Waals surface area (Å²) >= 11 is 6.08. The van der Waals surface area contributed by atoms with Crippen LogP contribution in [0.4, 0.5) is 5.82 Å². The zero-order chi connectivity index (χ0) is 14.5. The topological polar surface area (TPSA) is 54.5 Å². The minimum absolute atomic E-state index is 0.0691. The van der Waals surface area contributed by atoms with Crippen LogP contribution >= 0.6 is 11.6 Å². The summed E-state index contributed by atoms with van der Waals surface area (Å²) in [6, 6.07) is 1.69. The average molecular weight is 298 g/mol. The number of hydrogen-bond acceptors (Lipinski definition) is 4. The second-order valence-electron chi connectivity index (χ2n) is 5.04. The Hall–Kier alpha value is -1.33. The van der Waals surface area contributed by atoms with E-state index in [1.54, 1.807) is 18.0 Å². The van der Waals surface area contributed by atoms with E-state index in [0.29, 0.717) is 22.3 Å². The normalized spacial score (nSPS) is 15.9. The van der Waals surface area contributed by atoms with E-state index in [2.05, 4.69) is 10.3 Å². The fourth-order valence-electron chi connectivity index (χ4n) is 2.34. The van der Waals surface area contributed by atoms with E-state index in [1.165, 1.54) is 6.20 Å². The number of amides is 1. The molecule has 0 aromatic carbocycles. The molecule has 1 aliphatic heterocycles. The fourth-order valence-corrected chi connectivity index (χ4v) is 2.53. The highest BCUT2D eigenvalue weighted by Gasteiger charge is 2.21. The van der Waals surface area contributed by atoms with Gasteiger partial charge in [0.1, 0.15) is 5.82 Å². The summed E-state index contributed by atoms with van der Waals surface area (Å²) in [5, 5.41) is 3.29. The molecule has 20 heavy (non-hydrogen) atoms. The van der Waals surface area contributed by atoms with E-state index in [-0.39, 0.29) is 5.91 Å². The Morgan fingerprint density at radius 3 is 2.90 bits per heavy atom. The molecule has 1 aliphatic rings. The van der Waals surface area contributed by atoms with Gasteiger partial charge < -0.3 is 15.0 Å². The van der Waals surface area contributed by atoms with E-state index in [1.807, 2.05) is 7.05 Å². The molecule has 0 saturated carbocycles. The maximum atomic E-state index is 12.5. The van der Waals surface area contributed by atoms with Crippen molar-refractivity contribution >= 4 is 23.3 Å². The molecule has 1 saturated heterocycles. The van der Waals surface area contributed by atoms with Crippen molar-refractivity contribution in [1.29, 1.82) is 0 Å². The molecule has 1 N–H and O–H groups in total. The Kier molecular flexibility index (Phi) is 5.20. The lowest BCUT2D eigenvalue weighted by atomic mass is 9.99. The van der Waals surface area contributed by atoms with Crippen molar-refractivity contribution in [2.24, 2.45) is 5.92 Å². The molecular weight excluding hydrogens is 278 g/mol. The number of carbonyl (C=O) groups is 1. The van der Waals surface area contributed by atoms with Crippen molar-refractivity contribution < 1.29 is 9.53 Å². The maximum Gasteiger partial charge on any atom is 0.255 e. The molecule has 0 aliphatic carbocycles. The SMILES string of the molecule is CNc1cc(C(=O)N(C)CC2CCOCC2)c(Cl)cn1. The van der Waals surface area contributed by atoms with Crippen LogP contribution in [0.1, 0.15) is 23.2 Å². The van der Waals surface area contributed by atoms with Crippen LogP contribution in [0.3, 0.4) is 0 Å². The van der Waals surface area contributed by atoms with Gasteiger partial charge in [-0.15, -0.1) is 0 Å². The van der Waals surface area contributed by atoms with Gasteiger partial charge in [0.05, 0.1) is 10.6 Å². The van der Waals surface area contributed by atoms with Crippen molar-refractivity contribution in [3.8, 4) is 0 Å². The second kappa shape index (κ2) is 6.90. The number of pyridine rings is 1. The predicted octanol–water partition coefficient (Wildman–Crippen LogP) is 2.28. The molecular formula is C14H20ClN3O2. The summed E-state index contributed by atoms with van der Waals surface area (Å²) in [6.07, 6.45) is 3.51. The average Bonchev–Trinajstić information content (AvgIpc) is 2.48. The van der Waals surface area contributed by atoms with Gasteiger partial charge in [-0.2, -0.15) is 0 Å². The number of halogens is 1. The van der Waals surface area contributed by atoms with Crippen LogP contribution in [-0.4, -0.2) is 49.6 Å². The van der Waals surface area contributed by atoms with E-state index in [9.17, 15) is 4.79 Å². The molecule has 0 unspecified atom stereocenters. The molecule has 5 nitrogen and oxygen atoms in total. The Bertz CT molecular complexity index is 475. The highest BCUT2D eigenvalue weighted by molar-refractivity contribution is 6.33. The van der Waals surface area contributed by atoms with E-state index >= 15 is 0 Å². The number of rotatable bonds is 4. The Morgan fingerprint density at radius 2 is 2.25 bits per heavy atom. The molecule has 0 bridgehead atoms. The first kappa shape index (κ1) is 15.1. The molecule has 1 fully saturated rings. The quantitative estimate of drug-likeness (QED) is 0.926. The Balaban J connectivity index is 2.05. The van der Waals surface area contributed by atoms with Crippen molar-refractivity contribution in [1.82, 2.24) is 9.88 Å². The van der Waals surface area contributed by atoms with Crippen LogP contribution in [0.15, 0.2) is 12.3 Å². The molecule has 110 valence electrons. The zero-order valence-corrected chi connectivity index (χ0v) is 12.6. The van der Waals surface area contributed by atoms with Crippen molar-refractivity contribution in [3.63, 3.8) is 0 Å². The fraction of sp³-hybridized carbons (Fsp3) is 0.571. The number of anilines is 1. The monoisotopic (exact) mass is 297 g/mol. The van der Waals surface area contributed by atoms with E-state index in [0.717, 1.165) is 32.6 Å². The third-order valence-electron chi connectivity index (χ3n) is 3.56. The van der Waals surface area contributed by atoms with Crippen molar-refractivity contribution in [3.05, 3.63) is 22.8 Å². The van der Waals surface area contributed by atoms with Crippen LogP contribution in [0.5, 0.6) is 0 Å². The molecule has 6 heteroatoms. The summed E-state index contributed by atoms with van der Waals surface area (Å²) < 4.78 is 5.33. The molecule has 0 atom stereocenters. The number of hydrogen-bond donors (Lipinski definition) is 1. The number of carbonyl (C=O) groups excluding carboxylic acids is 1. The van der Waals surface area contributed by atoms with Crippen molar-refractivity contribution in [2.45, 2.75) is 12.8 Å². The number of ether oxygens (including phenoxy) is 1. The van der Waals surface area contributed by atoms with Gasteiger partial charge in [0.15, 0.2) is 0 Å². The zero-order valence-electron chi connectivity index (χ0n) is 11.9. The first-order chi connectivity index (χ1) is 9.61. The maximum absolute atomic E-state index is 12.5. The number of nitrogens with zero attached hydrogens (tertiary/aromatic N) is 2. The van der Waals surface area contributed by atoms with Crippen LogP contribution in [0, 0.1) is 5.92 Å². The lowest BCUT2D eigenvalue weighted by Gasteiger charge is -2.27. The van der Waals surface area contributed by atoms with Crippen LogP contribution < -0.4 is 5.32 Å². The molecule has 1 aromatic heterocycles.